The number of aliphatic hydroxyl groups is 1. The Morgan fingerprint density at radius 3 is 2.94 bits per heavy atom. The molecule has 0 aliphatic heterocycles. The quantitative estimate of drug-likeness (QED) is 0.788. The zero-order chi connectivity index (χ0) is 11.8. The molecule has 1 aromatic heterocycles. The Morgan fingerprint density at radius 2 is 2.38 bits per heavy atom. The smallest absolute Gasteiger partial charge is 0.101 e. The van der Waals surface area contributed by atoms with Crippen LogP contribution in [-0.2, 0) is 0 Å². The third-order valence-corrected chi connectivity index (χ3v) is 3.49. The van der Waals surface area contributed by atoms with E-state index in [0.29, 0.717) is 12.0 Å². The second-order valence-corrected chi connectivity index (χ2v) is 4.80. The molecular formula is C12H15N3O. The summed E-state index contributed by atoms with van der Waals surface area (Å²) in [6.07, 6.45) is 3.70. The van der Waals surface area contributed by atoms with E-state index in [1.165, 1.54) is 0 Å². The highest BCUT2D eigenvalue weighted by molar-refractivity contribution is 5.56. The minimum Gasteiger partial charge on any atom is -0.392 e. The molecule has 0 radical (unpaired) electrons. The van der Waals surface area contributed by atoms with E-state index >= 15 is 0 Å². The van der Waals surface area contributed by atoms with Gasteiger partial charge in [-0.3, -0.25) is 4.98 Å². The summed E-state index contributed by atoms with van der Waals surface area (Å²) in [7, 11) is 0. The maximum Gasteiger partial charge on any atom is 0.101 e. The predicted molar refractivity (Wildman–Crippen MR) is 60.8 cm³/mol. The van der Waals surface area contributed by atoms with E-state index in [1.54, 1.807) is 18.5 Å². The Labute approximate surface area is 94.9 Å². The molecule has 1 aromatic rings. The van der Waals surface area contributed by atoms with E-state index in [0.717, 1.165) is 5.69 Å². The van der Waals surface area contributed by atoms with Crippen LogP contribution in [0.1, 0.15) is 25.8 Å². The van der Waals surface area contributed by atoms with Crippen LogP contribution in [0.25, 0.3) is 0 Å². The highest BCUT2D eigenvalue weighted by Gasteiger charge is 2.47. The molecule has 0 spiro atoms. The van der Waals surface area contributed by atoms with Crippen LogP contribution in [0, 0.1) is 16.7 Å². The summed E-state index contributed by atoms with van der Waals surface area (Å²) in [4.78, 5) is 4.00. The standard InChI is InChI=1S/C12H15N3O/c1-12(2)10(5-11(12)16)15-9-7-14-4-3-8(9)6-13/h3-4,7,10-11,15-16H,5H2,1-2H3. The van der Waals surface area contributed by atoms with E-state index in [9.17, 15) is 5.11 Å². The summed E-state index contributed by atoms with van der Waals surface area (Å²) in [5, 5.41) is 21.8. The van der Waals surface area contributed by atoms with Crippen LogP contribution in [0.15, 0.2) is 18.5 Å². The molecule has 4 nitrogen and oxygen atoms in total. The third-order valence-electron chi connectivity index (χ3n) is 3.49. The van der Waals surface area contributed by atoms with E-state index in [4.69, 9.17) is 5.26 Å². The number of pyridine rings is 1. The lowest BCUT2D eigenvalue weighted by Gasteiger charge is -2.49. The Balaban J connectivity index is 2.14. The highest BCUT2D eigenvalue weighted by atomic mass is 16.3. The fourth-order valence-electron chi connectivity index (χ4n) is 1.94. The summed E-state index contributed by atoms with van der Waals surface area (Å²) in [5.74, 6) is 0. The van der Waals surface area contributed by atoms with Gasteiger partial charge >= 0.3 is 0 Å². The van der Waals surface area contributed by atoms with Gasteiger partial charge in [0.05, 0.1) is 23.6 Å². The number of hydrogen-bond acceptors (Lipinski definition) is 4. The molecule has 1 aliphatic rings. The van der Waals surface area contributed by atoms with Crippen molar-refractivity contribution in [1.82, 2.24) is 4.98 Å². The monoisotopic (exact) mass is 217 g/mol. The molecule has 0 bridgehead atoms. The van der Waals surface area contributed by atoms with Crippen LogP contribution < -0.4 is 5.32 Å². The lowest BCUT2D eigenvalue weighted by Crippen LogP contribution is -2.57. The van der Waals surface area contributed by atoms with Crippen molar-refractivity contribution < 1.29 is 5.11 Å². The maximum atomic E-state index is 9.63. The molecule has 84 valence electrons. The summed E-state index contributed by atoms with van der Waals surface area (Å²) >= 11 is 0. The Bertz CT molecular complexity index is 436. The van der Waals surface area contributed by atoms with Crippen LogP contribution in [0.2, 0.25) is 0 Å². The number of aliphatic hydroxyl groups excluding tert-OH is 1. The molecule has 0 aromatic carbocycles. The van der Waals surface area contributed by atoms with Gasteiger partial charge in [0.2, 0.25) is 0 Å². The molecule has 4 heteroatoms. The second kappa shape index (κ2) is 3.76. The Kier molecular flexibility index (Phi) is 2.56. The van der Waals surface area contributed by atoms with Crippen molar-refractivity contribution in [3.8, 4) is 6.07 Å². The zero-order valence-electron chi connectivity index (χ0n) is 9.44. The van der Waals surface area contributed by atoms with Gasteiger partial charge in [-0.15, -0.1) is 0 Å². The van der Waals surface area contributed by atoms with Crippen LogP contribution >= 0.6 is 0 Å². The first-order chi connectivity index (χ1) is 7.55. The van der Waals surface area contributed by atoms with Crippen molar-refractivity contribution >= 4 is 5.69 Å². The predicted octanol–water partition coefficient (Wildman–Crippen LogP) is 1.52. The molecular weight excluding hydrogens is 202 g/mol. The molecule has 16 heavy (non-hydrogen) atoms. The van der Waals surface area contributed by atoms with Crippen molar-refractivity contribution in [2.24, 2.45) is 5.41 Å². The fraction of sp³-hybridized carbons (Fsp3) is 0.500. The van der Waals surface area contributed by atoms with Gasteiger partial charge in [-0.25, -0.2) is 0 Å². The Hall–Kier alpha value is -1.60. The molecule has 0 amide bonds. The van der Waals surface area contributed by atoms with Crippen molar-refractivity contribution in [2.45, 2.75) is 32.4 Å². The number of hydrogen-bond donors (Lipinski definition) is 2. The lowest BCUT2D eigenvalue weighted by molar-refractivity contribution is -0.0510. The van der Waals surface area contributed by atoms with Gasteiger partial charge in [-0.1, -0.05) is 13.8 Å². The summed E-state index contributed by atoms with van der Waals surface area (Å²) in [6, 6.07) is 4.00. The highest BCUT2D eigenvalue weighted by Crippen LogP contribution is 2.42. The first kappa shape index (κ1) is 10.9. The topological polar surface area (TPSA) is 68.9 Å². The molecule has 2 unspecified atom stereocenters. The number of anilines is 1. The fourth-order valence-corrected chi connectivity index (χ4v) is 1.94. The molecule has 1 aliphatic carbocycles. The van der Waals surface area contributed by atoms with E-state index in [2.05, 4.69) is 16.4 Å². The van der Waals surface area contributed by atoms with Gasteiger partial charge in [0, 0.05) is 17.7 Å². The van der Waals surface area contributed by atoms with Crippen LogP contribution in [-0.4, -0.2) is 22.2 Å². The number of aromatic nitrogens is 1. The Morgan fingerprint density at radius 1 is 1.62 bits per heavy atom. The van der Waals surface area contributed by atoms with Gasteiger partial charge in [-0.2, -0.15) is 5.26 Å². The summed E-state index contributed by atoms with van der Waals surface area (Å²) in [5.41, 5.74) is 1.19. The van der Waals surface area contributed by atoms with Crippen molar-refractivity contribution in [3.05, 3.63) is 24.0 Å². The van der Waals surface area contributed by atoms with Crippen LogP contribution in [0.3, 0.4) is 0 Å². The molecule has 2 rings (SSSR count). The summed E-state index contributed by atoms with van der Waals surface area (Å²) in [6.45, 7) is 4.03. The zero-order valence-corrected chi connectivity index (χ0v) is 9.44. The second-order valence-electron chi connectivity index (χ2n) is 4.80. The molecule has 1 fully saturated rings. The van der Waals surface area contributed by atoms with Crippen molar-refractivity contribution in [1.29, 1.82) is 5.26 Å². The number of nitriles is 1. The van der Waals surface area contributed by atoms with Gasteiger partial charge < -0.3 is 10.4 Å². The van der Waals surface area contributed by atoms with E-state index in [1.807, 2.05) is 13.8 Å². The number of nitrogens with zero attached hydrogens (tertiary/aromatic N) is 2. The van der Waals surface area contributed by atoms with Crippen molar-refractivity contribution in [2.75, 3.05) is 5.32 Å². The van der Waals surface area contributed by atoms with E-state index in [-0.39, 0.29) is 17.6 Å². The van der Waals surface area contributed by atoms with Gasteiger partial charge in [0.25, 0.3) is 0 Å². The van der Waals surface area contributed by atoms with Crippen LogP contribution in [0.4, 0.5) is 5.69 Å². The maximum absolute atomic E-state index is 9.63. The normalized spacial score (nSPS) is 26.6. The average molecular weight is 217 g/mol. The van der Waals surface area contributed by atoms with Crippen LogP contribution in [0.5, 0.6) is 0 Å². The summed E-state index contributed by atoms with van der Waals surface area (Å²) < 4.78 is 0. The third kappa shape index (κ3) is 1.63. The largest absolute Gasteiger partial charge is 0.392 e. The van der Waals surface area contributed by atoms with Crippen molar-refractivity contribution in [3.63, 3.8) is 0 Å². The lowest BCUT2D eigenvalue weighted by atomic mass is 9.64. The molecule has 1 heterocycles. The SMILES string of the molecule is CC1(C)C(O)CC1Nc1cnccc1C#N. The number of rotatable bonds is 2. The first-order valence-electron chi connectivity index (χ1n) is 5.34. The molecule has 2 atom stereocenters. The van der Waals surface area contributed by atoms with Gasteiger partial charge in [0.1, 0.15) is 6.07 Å². The molecule has 0 saturated heterocycles. The minimum atomic E-state index is -0.271. The number of nitrogens with one attached hydrogen (secondary N) is 1. The van der Waals surface area contributed by atoms with Gasteiger partial charge in [-0.05, 0) is 12.5 Å². The van der Waals surface area contributed by atoms with Gasteiger partial charge in [0.15, 0.2) is 0 Å². The molecule has 2 N–H and O–H groups in total. The van der Waals surface area contributed by atoms with E-state index < -0.39 is 0 Å². The first-order valence-corrected chi connectivity index (χ1v) is 5.34. The average Bonchev–Trinajstić information content (AvgIpc) is 2.29. The molecule has 1 saturated carbocycles. The minimum absolute atomic E-state index is 0.150.